The average Bonchev–Trinajstić information content (AvgIpc) is 2.98. The molecule has 1 N–H and O–H groups in total. The van der Waals surface area contributed by atoms with E-state index in [1.165, 1.54) is 11.8 Å². The number of hydrogen-bond acceptors (Lipinski definition) is 5. The topological polar surface area (TPSA) is 63.8 Å². The predicted molar refractivity (Wildman–Crippen MR) is 80.7 cm³/mol. The number of hydrogen-bond donors (Lipinski definition) is 1. The van der Waals surface area contributed by atoms with Crippen molar-refractivity contribution in [1.29, 1.82) is 0 Å². The zero-order valence-electron chi connectivity index (χ0n) is 10.8. The monoisotopic (exact) mass is 318 g/mol. The van der Waals surface area contributed by atoms with Gasteiger partial charge in [0.25, 0.3) is 0 Å². The number of halogens is 1. The molecule has 0 unspecified atom stereocenters. The van der Waals surface area contributed by atoms with E-state index >= 15 is 0 Å². The zero-order chi connectivity index (χ0) is 14.7. The quantitative estimate of drug-likeness (QED) is 0.801. The van der Waals surface area contributed by atoms with Gasteiger partial charge in [-0.25, -0.2) is 0 Å². The Morgan fingerprint density at radius 1 is 1.10 bits per heavy atom. The van der Waals surface area contributed by atoms with Crippen molar-refractivity contribution in [1.82, 2.24) is 20.2 Å². The van der Waals surface area contributed by atoms with E-state index in [1.54, 1.807) is 16.8 Å². The van der Waals surface area contributed by atoms with E-state index in [0.717, 1.165) is 16.1 Å². The summed E-state index contributed by atoms with van der Waals surface area (Å²) in [5.41, 5.74) is 1.61. The first kappa shape index (κ1) is 14.1. The number of para-hydroxylation sites is 1. The van der Waals surface area contributed by atoms with Crippen molar-refractivity contribution in [2.24, 2.45) is 0 Å². The third-order valence-corrected chi connectivity index (χ3v) is 4.40. The van der Waals surface area contributed by atoms with Crippen molar-refractivity contribution < 1.29 is 5.11 Å². The number of aliphatic hydroxyl groups is 1. The lowest BCUT2D eigenvalue weighted by atomic mass is 10.2. The Hall–Kier alpha value is -1.89. The molecule has 1 heterocycles. The number of nitrogens with zero attached hydrogens (tertiary/aromatic N) is 4. The lowest BCUT2D eigenvalue weighted by Crippen LogP contribution is -1.99. The Kier molecular flexibility index (Phi) is 4.19. The molecule has 0 atom stereocenters. The van der Waals surface area contributed by atoms with E-state index in [4.69, 9.17) is 11.6 Å². The second-order valence-electron chi connectivity index (χ2n) is 4.20. The molecular formula is C14H11ClN4OS. The molecule has 5 nitrogen and oxygen atoms in total. The molecule has 0 bridgehead atoms. The largest absolute Gasteiger partial charge is 0.392 e. The maximum Gasteiger partial charge on any atom is 0.218 e. The van der Waals surface area contributed by atoms with E-state index in [-0.39, 0.29) is 6.61 Å². The van der Waals surface area contributed by atoms with Crippen LogP contribution in [0.3, 0.4) is 0 Å². The number of aliphatic hydroxyl groups excluding tert-OH is 1. The van der Waals surface area contributed by atoms with Crippen LogP contribution in [0, 0.1) is 0 Å². The molecule has 21 heavy (non-hydrogen) atoms. The molecule has 0 aliphatic rings. The van der Waals surface area contributed by atoms with Gasteiger partial charge in [-0.2, -0.15) is 4.68 Å². The molecular weight excluding hydrogens is 308 g/mol. The van der Waals surface area contributed by atoms with Crippen LogP contribution in [0.4, 0.5) is 0 Å². The minimum atomic E-state index is -0.0875. The van der Waals surface area contributed by atoms with Gasteiger partial charge < -0.3 is 5.11 Å². The summed E-state index contributed by atoms with van der Waals surface area (Å²) >= 11 is 7.54. The minimum absolute atomic E-state index is 0.0875. The summed E-state index contributed by atoms with van der Waals surface area (Å²) < 4.78 is 1.63. The molecule has 106 valence electrons. The highest BCUT2D eigenvalue weighted by atomic mass is 35.5. The smallest absolute Gasteiger partial charge is 0.218 e. The highest BCUT2D eigenvalue weighted by molar-refractivity contribution is 7.99. The molecule has 7 heteroatoms. The maximum absolute atomic E-state index is 9.43. The van der Waals surface area contributed by atoms with Crippen LogP contribution in [0.25, 0.3) is 5.69 Å². The summed E-state index contributed by atoms with van der Waals surface area (Å²) in [4.78, 5) is 0.758. The normalized spacial score (nSPS) is 10.8. The summed E-state index contributed by atoms with van der Waals surface area (Å²) in [6, 6.07) is 15.0. The van der Waals surface area contributed by atoms with Crippen LogP contribution in [-0.2, 0) is 6.61 Å². The van der Waals surface area contributed by atoms with E-state index < -0.39 is 0 Å². The van der Waals surface area contributed by atoms with Crippen molar-refractivity contribution in [2.75, 3.05) is 0 Å². The molecule has 0 fully saturated rings. The Bertz CT molecular complexity index is 748. The van der Waals surface area contributed by atoms with Crippen LogP contribution < -0.4 is 0 Å². The van der Waals surface area contributed by atoms with E-state index in [0.29, 0.717) is 10.2 Å². The summed E-state index contributed by atoms with van der Waals surface area (Å²) in [6.45, 7) is -0.0875. The lowest BCUT2D eigenvalue weighted by Gasteiger charge is -2.09. The molecule has 3 rings (SSSR count). The van der Waals surface area contributed by atoms with Crippen molar-refractivity contribution in [3.63, 3.8) is 0 Å². The molecule has 0 aliphatic heterocycles. The van der Waals surface area contributed by atoms with Gasteiger partial charge in [-0.1, -0.05) is 41.9 Å². The second-order valence-corrected chi connectivity index (χ2v) is 5.58. The van der Waals surface area contributed by atoms with Gasteiger partial charge in [-0.3, -0.25) is 0 Å². The average molecular weight is 319 g/mol. The fraction of sp³-hybridized carbons (Fsp3) is 0.0714. The molecule has 0 radical (unpaired) electrons. The van der Waals surface area contributed by atoms with E-state index in [9.17, 15) is 5.11 Å². The van der Waals surface area contributed by atoms with E-state index in [2.05, 4.69) is 15.5 Å². The number of tetrazole rings is 1. The standard InChI is InChI=1S/C14H11ClN4OS/c15-12-8-4-5-10(9-20)13(12)21-14-16-17-18-19(14)11-6-2-1-3-7-11/h1-8,20H,9H2. The fourth-order valence-electron chi connectivity index (χ4n) is 1.86. The van der Waals surface area contributed by atoms with Gasteiger partial charge in [-0.15, -0.1) is 5.10 Å². The van der Waals surface area contributed by atoms with Gasteiger partial charge in [0.2, 0.25) is 5.16 Å². The van der Waals surface area contributed by atoms with Gasteiger partial charge in [0.05, 0.1) is 17.3 Å². The van der Waals surface area contributed by atoms with Crippen LogP contribution in [0.2, 0.25) is 5.02 Å². The molecule has 0 aliphatic carbocycles. The first-order valence-electron chi connectivity index (χ1n) is 6.19. The zero-order valence-corrected chi connectivity index (χ0v) is 12.4. The SMILES string of the molecule is OCc1cccc(Cl)c1Sc1nnnn1-c1ccccc1. The molecule has 0 spiro atoms. The Morgan fingerprint density at radius 3 is 2.67 bits per heavy atom. The third-order valence-electron chi connectivity index (χ3n) is 2.85. The number of aromatic nitrogens is 4. The minimum Gasteiger partial charge on any atom is -0.392 e. The van der Waals surface area contributed by atoms with Gasteiger partial charge in [0.1, 0.15) is 0 Å². The van der Waals surface area contributed by atoms with Crippen LogP contribution in [0.1, 0.15) is 5.56 Å². The molecule has 3 aromatic rings. The number of rotatable bonds is 4. The van der Waals surface area contributed by atoms with Gasteiger partial charge >= 0.3 is 0 Å². The summed E-state index contributed by atoms with van der Waals surface area (Å²) in [6.07, 6.45) is 0. The summed E-state index contributed by atoms with van der Waals surface area (Å²) in [5, 5.41) is 22.3. The maximum atomic E-state index is 9.43. The highest BCUT2D eigenvalue weighted by Gasteiger charge is 2.14. The van der Waals surface area contributed by atoms with Gasteiger partial charge in [0.15, 0.2) is 0 Å². The first-order valence-corrected chi connectivity index (χ1v) is 7.39. The van der Waals surface area contributed by atoms with Gasteiger partial charge in [-0.05, 0) is 46.0 Å². The fourth-order valence-corrected chi connectivity index (χ4v) is 3.08. The predicted octanol–water partition coefficient (Wildman–Crippen LogP) is 2.96. The molecule has 1 aromatic heterocycles. The third kappa shape index (κ3) is 2.92. The van der Waals surface area contributed by atoms with Crippen molar-refractivity contribution in [2.45, 2.75) is 16.7 Å². The molecule has 0 amide bonds. The summed E-state index contributed by atoms with van der Waals surface area (Å²) in [7, 11) is 0. The molecule has 0 saturated carbocycles. The van der Waals surface area contributed by atoms with Crippen molar-refractivity contribution in [3.05, 3.63) is 59.1 Å². The Morgan fingerprint density at radius 2 is 1.90 bits per heavy atom. The van der Waals surface area contributed by atoms with Crippen molar-refractivity contribution >= 4 is 23.4 Å². The van der Waals surface area contributed by atoms with Crippen LogP contribution in [0.5, 0.6) is 0 Å². The van der Waals surface area contributed by atoms with Gasteiger partial charge in [0, 0.05) is 4.90 Å². The van der Waals surface area contributed by atoms with E-state index in [1.807, 2.05) is 36.4 Å². The Labute approximate surface area is 130 Å². The van der Waals surface area contributed by atoms with Crippen LogP contribution in [0.15, 0.2) is 58.6 Å². The molecule has 2 aromatic carbocycles. The molecule has 0 saturated heterocycles. The summed E-state index contributed by atoms with van der Waals surface area (Å²) in [5.74, 6) is 0. The first-order chi connectivity index (χ1) is 10.3. The Balaban J connectivity index is 1.99. The van der Waals surface area contributed by atoms with Crippen LogP contribution >= 0.6 is 23.4 Å². The van der Waals surface area contributed by atoms with Crippen LogP contribution in [-0.4, -0.2) is 25.3 Å². The lowest BCUT2D eigenvalue weighted by molar-refractivity contribution is 0.279. The highest BCUT2D eigenvalue weighted by Crippen LogP contribution is 2.35. The van der Waals surface area contributed by atoms with Crippen molar-refractivity contribution in [3.8, 4) is 5.69 Å². The number of benzene rings is 2. The second kappa shape index (κ2) is 6.26.